The van der Waals surface area contributed by atoms with Crippen LogP contribution in [0.4, 0.5) is 11.4 Å². The number of anilines is 2. The molecule has 0 unspecified atom stereocenters. The summed E-state index contributed by atoms with van der Waals surface area (Å²) in [5, 5.41) is 6.13. The van der Waals surface area contributed by atoms with Gasteiger partial charge in [-0.2, -0.15) is 0 Å². The van der Waals surface area contributed by atoms with Crippen molar-refractivity contribution >= 4 is 34.6 Å². The number of nitrogens with zero attached hydrogens (tertiary/aromatic N) is 1. The summed E-state index contributed by atoms with van der Waals surface area (Å²) in [6.45, 7) is 4.54. The number of carbonyl (C=O) groups is 1. The van der Waals surface area contributed by atoms with E-state index < -0.39 is 0 Å². The molecular formula is C21H25N3OS. The third-order valence-electron chi connectivity index (χ3n) is 4.73. The molecule has 0 aromatic heterocycles. The molecule has 1 saturated heterocycles. The molecule has 0 saturated carbocycles. The van der Waals surface area contributed by atoms with Gasteiger partial charge < -0.3 is 15.5 Å². The van der Waals surface area contributed by atoms with E-state index in [-0.39, 0.29) is 5.91 Å². The largest absolute Gasteiger partial charge is 0.372 e. The maximum absolute atomic E-state index is 12.1. The zero-order valence-electron chi connectivity index (χ0n) is 15.1. The minimum absolute atomic E-state index is 0.118. The second-order valence-electron chi connectivity index (χ2n) is 6.88. The van der Waals surface area contributed by atoms with Crippen LogP contribution in [0, 0.1) is 5.92 Å². The van der Waals surface area contributed by atoms with Crippen molar-refractivity contribution in [3.63, 3.8) is 0 Å². The van der Waals surface area contributed by atoms with E-state index in [2.05, 4.69) is 34.6 Å². The molecule has 2 aromatic rings. The molecule has 5 heteroatoms. The first kappa shape index (κ1) is 18.4. The van der Waals surface area contributed by atoms with Crippen LogP contribution in [0.2, 0.25) is 0 Å². The number of nitrogens with one attached hydrogen (secondary N) is 2. The number of hydrogen-bond acceptors (Lipinski definition) is 3. The first-order valence-corrected chi connectivity index (χ1v) is 9.51. The van der Waals surface area contributed by atoms with Crippen LogP contribution in [-0.2, 0) is 11.2 Å². The first-order valence-electron chi connectivity index (χ1n) is 9.10. The van der Waals surface area contributed by atoms with Gasteiger partial charge in [0.25, 0.3) is 0 Å². The average molecular weight is 368 g/mol. The fourth-order valence-electron chi connectivity index (χ4n) is 3.14. The van der Waals surface area contributed by atoms with Gasteiger partial charge in [0.2, 0.25) is 5.91 Å². The minimum atomic E-state index is -0.118. The monoisotopic (exact) mass is 367 g/mol. The number of thiocarbonyl (C=S) groups is 1. The Morgan fingerprint density at radius 1 is 1.08 bits per heavy atom. The van der Waals surface area contributed by atoms with Gasteiger partial charge in [-0.25, -0.2) is 0 Å². The SMILES string of the molecule is CC1CCN(c2ccc(NC(=S)NC(=O)Cc3ccccc3)cc2)CC1. The van der Waals surface area contributed by atoms with Crippen LogP contribution in [0.15, 0.2) is 54.6 Å². The molecular weight excluding hydrogens is 342 g/mol. The van der Waals surface area contributed by atoms with E-state index in [1.165, 1.54) is 18.5 Å². The highest BCUT2D eigenvalue weighted by Crippen LogP contribution is 2.24. The second-order valence-corrected chi connectivity index (χ2v) is 7.29. The molecule has 1 aliphatic rings. The normalized spacial score (nSPS) is 14.7. The lowest BCUT2D eigenvalue weighted by atomic mass is 9.99. The average Bonchev–Trinajstić information content (AvgIpc) is 2.64. The van der Waals surface area contributed by atoms with Crippen LogP contribution in [0.25, 0.3) is 0 Å². The minimum Gasteiger partial charge on any atom is -0.372 e. The lowest BCUT2D eigenvalue weighted by Crippen LogP contribution is -2.35. The summed E-state index contributed by atoms with van der Waals surface area (Å²) >= 11 is 5.25. The highest BCUT2D eigenvalue weighted by Gasteiger charge is 2.15. The van der Waals surface area contributed by atoms with Crippen LogP contribution >= 0.6 is 12.2 Å². The van der Waals surface area contributed by atoms with Crippen LogP contribution in [0.1, 0.15) is 25.3 Å². The molecule has 0 atom stereocenters. The van der Waals surface area contributed by atoms with Gasteiger partial charge >= 0.3 is 0 Å². The van der Waals surface area contributed by atoms with E-state index in [1.807, 2.05) is 42.5 Å². The zero-order valence-corrected chi connectivity index (χ0v) is 15.9. The van der Waals surface area contributed by atoms with Crippen molar-refractivity contribution in [2.75, 3.05) is 23.3 Å². The van der Waals surface area contributed by atoms with Gasteiger partial charge in [0.15, 0.2) is 5.11 Å². The standard InChI is InChI=1S/C21H25N3OS/c1-16-11-13-24(14-12-16)19-9-7-18(8-10-19)22-21(26)23-20(25)15-17-5-3-2-4-6-17/h2-10,16H,11-15H2,1H3,(H2,22,23,25,26). The van der Waals surface area contributed by atoms with Crippen molar-refractivity contribution in [3.8, 4) is 0 Å². The Bertz CT molecular complexity index is 738. The number of hydrogen-bond donors (Lipinski definition) is 2. The molecule has 4 nitrogen and oxygen atoms in total. The van der Waals surface area contributed by atoms with Crippen molar-refractivity contribution in [1.29, 1.82) is 0 Å². The van der Waals surface area contributed by atoms with Crippen molar-refractivity contribution in [2.24, 2.45) is 5.92 Å². The summed E-state index contributed by atoms with van der Waals surface area (Å²) in [6, 6.07) is 17.8. The quantitative estimate of drug-likeness (QED) is 0.803. The Balaban J connectivity index is 1.49. The fraction of sp³-hybridized carbons (Fsp3) is 0.333. The molecule has 0 bridgehead atoms. The summed E-state index contributed by atoms with van der Waals surface area (Å²) in [5.41, 5.74) is 3.08. The van der Waals surface area contributed by atoms with Gasteiger partial charge in [-0.3, -0.25) is 4.79 Å². The summed E-state index contributed by atoms with van der Waals surface area (Å²) < 4.78 is 0. The van der Waals surface area contributed by atoms with Crippen LogP contribution in [0.5, 0.6) is 0 Å². The van der Waals surface area contributed by atoms with Gasteiger partial charge in [0.1, 0.15) is 0 Å². The van der Waals surface area contributed by atoms with E-state index in [0.717, 1.165) is 30.3 Å². The number of carbonyl (C=O) groups excluding carboxylic acids is 1. The molecule has 2 N–H and O–H groups in total. The zero-order chi connectivity index (χ0) is 18.4. The molecule has 1 heterocycles. The summed E-state index contributed by atoms with van der Waals surface area (Å²) in [7, 11) is 0. The third-order valence-corrected chi connectivity index (χ3v) is 4.94. The Morgan fingerprint density at radius 3 is 2.38 bits per heavy atom. The molecule has 0 radical (unpaired) electrons. The molecule has 1 aliphatic heterocycles. The first-order chi connectivity index (χ1) is 12.6. The molecule has 2 aromatic carbocycles. The summed E-state index contributed by atoms with van der Waals surface area (Å²) in [5.74, 6) is 0.705. The summed E-state index contributed by atoms with van der Waals surface area (Å²) in [6.07, 6.45) is 2.81. The fourth-order valence-corrected chi connectivity index (χ4v) is 3.37. The Labute approximate surface area is 160 Å². The van der Waals surface area contributed by atoms with Gasteiger partial charge in [0, 0.05) is 24.5 Å². The Hall–Kier alpha value is -2.40. The highest BCUT2D eigenvalue weighted by molar-refractivity contribution is 7.80. The number of piperidine rings is 1. The Kier molecular flexibility index (Phi) is 6.23. The van der Waals surface area contributed by atoms with E-state index in [9.17, 15) is 4.79 Å². The second kappa shape index (κ2) is 8.81. The predicted octanol–water partition coefficient (Wildman–Crippen LogP) is 3.98. The number of rotatable bonds is 4. The molecule has 1 fully saturated rings. The maximum Gasteiger partial charge on any atom is 0.230 e. The van der Waals surface area contributed by atoms with E-state index in [1.54, 1.807) is 0 Å². The van der Waals surface area contributed by atoms with Crippen molar-refractivity contribution in [1.82, 2.24) is 5.32 Å². The lowest BCUT2D eigenvalue weighted by Gasteiger charge is -2.32. The predicted molar refractivity (Wildman–Crippen MR) is 112 cm³/mol. The van der Waals surface area contributed by atoms with E-state index in [0.29, 0.717) is 11.5 Å². The van der Waals surface area contributed by atoms with E-state index >= 15 is 0 Å². The van der Waals surface area contributed by atoms with Crippen LogP contribution in [0.3, 0.4) is 0 Å². The molecule has 26 heavy (non-hydrogen) atoms. The van der Waals surface area contributed by atoms with Crippen molar-refractivity contribution in [3.05, 3.63) is 60.2 Å². The molecule has 136 valence electrons. The third kappa shape index (κ3) is 5.30. The van der Waals surface area contributed by atoms with Crippen molar-refractivity contribution < 1.29 is 4.79 Å². The van der Waals surface area contributed by atoms with Gasteiger partial charge in [0.05, 0.1) is 6.42 Å². The smallest absolute Gasteiger partial charge is 0.230 e. The Morgan fingerprint density at radius 2 is 1.73 bits per heavy atom. The van der Waals surface area contributed by atoms with E-state index in [4.69, 9.17) is 12.2 Å². The molecule has 0 spiro atoms. The van der Waals surface area contributed by atoms with Crippen LogP contribution in [-0.4, -0.2) is 24.1 Å². The number of benzene rings is 2. The van der Waals surface area contributed by atoms with Gasteiger partial charge in [-0.15, -0.1) is 0 Å². The maximum atomic E-state index is 12.1. The van der Waals surface area contributed by atoms with Gasteiger partial charge in [-0.05, 0) is 60.8 Å². The number of amides is 1. The lowest BCUT2D eigenvalue weighted by molar-refractivity contribution is -0.119. The topological polar surface area (TPSA) is 44.4 Å². The molecule has 3 rings (SSSR count). The van der Waals surface area contributed by atoms with Gasteiger partial charge in [-0.1, -0.05) is 37.3 Å². The van der Waals surface area contributed by atoms with Crippen LogP contribution < -0.4 is 15.5 Å². The van der Waals surface area contributed by atoms with Crippen molar-refractivity contribution in [2.45, 2.75) is 26.2 Å². The molecule has 0 aliphatic carbocycles. The molecule has 1 amide bonds. The summed E-state index contributed by atoms with van der Waals surface area (Å²) in [4.78, 5) is 14.5. The highest BCUT2D eigenvalue weighted by atomic mass is 32.1.